The van der Waals surface area contributed by atoms with E-state index in [1.807, 2.05) is 42.5 Å². The van der Waals surface area contributed by atoms with Crippen molar-refractivity contribution in [3.8, 4) is 44.5 Å². The second-order valence-corrected chi connectivity index (χ2v) is 12.8. The number of aliphatic imine (C=N–C) groups is 2. The highest BCUT2D eigenvalue weighted by molar-refractivity contribution is 6.13. The maximum Gasteiger partial charge on any atom is 0.159 e. The zero-order chi connectivity index (χ0) is 34.6. The number of nitrogens with one attached hydrogen (secondary N) is 1. The molecule has 7 aromatic carbocycles. The van der Waals surface area contributed by atoms with Crippen LogP contribution in [0.25, 0.3) is 50.6 Å². The lowest BCUT2D eigenvalue weighted by molar-refractivity contribution is 0.674. The smallest absolute Gasteiger partial charge is 0.159 e. The van der Waals surface area contributed by atoms with Gasteiger partial charge in [0, 0.05) is 11.1 Å². The molecular weight excluding hydrogens is 619 g/mol. The molecule has 1 atom stereocenters. The summed E-state index contributed by atoms with van der Waals surface area (Å²) in [5.41, 5.74) is 14.8. The molecule has 1 aliphatic heterocycles. The normalized spacial score (nSPS) is 13.9. The fourth-order valence-corrected chi connectivity index (χ4v) is 6.69. The highest BCUT2D eigenvalue weighted by Crippen LogP contribution is 2.35. The van der Waals surface area contributed by atoms with Crippen molar-refractivity contribution >= 4 is 17.7 Å². The molecule has 8 rings (SSSR count). The van der Waals surface area contributed by atoms with Crippen LogP contribution in [0.1, 0.15) is 34.0 Å². The first-order valence-electron chi connectivity index (χ1n) is 17.3. The van der Waals surface area contributed by atoms with E-state index in [-0.39, 0.29) is 6.17 Å². The summed E-state index contributed by atoms with van der Waals surface area (Å²) in [6.45, 7) is 6.33. The van der Waals surface area contributed by atoms with Crippen molar-refractivity contribution in [2.24, 2.45) is 9.98 Å². The molecule has 0 spiro atoms. The molecule has 1 unspecified atom stereocenters. The molecule has 0 radical (unpaired) electrons. The van der Waals surface area contributed by atoms with E-state index in [4.69, 9.17) is 9.98 Å². The molecule has 3 nitrogen and oxygen atoms in total. The number of aryl methyl sites for hydroxylation is 1. The van der Waals surface area contributed by atoms with E-state index in [0.29, 0.717) is 5.84 Å². The second kappa shape index (κ2) is 14.1. The van der Waals surface area contributed by atoms with Gasteiger partial charge in [-0.05, 0) is 86.3 Å². The van der Waals surface area contributed by atoms with Gasteiger partial charge in [0.15, 0.2) is 5.84 Å². The molecular formula is C48H37N3. The highest BCUT2D eigenvalue weighted by Gasteiger charge is 2.22. The van der Waals surface area contributed by atoms with Crippen LogP contribution in [0.4, 0.5) is 0 Å². The van der Waals surface area contributed by atoms with E-state index in [9.17, 15) is 0 Å². The summed E-state index contributed by atoms with van der Waals surface area (Å²) in [7, 11) is 0. The van der Waals surface area contributed by atoms with Gasteiger partial charge in [-0.25, -0.2) is 9.98 Å². The average molecular weight is 656 g/mol. The van der Waals surface area contributed by atoms with Crippen LogP contribution in [0.2, 0.25) is 0 Å². The van der Waals surface area contributed by atoms with Crippen molar-refractivity contribution in [3.05, 3.63) is 210 Å². The molecule has 0 bridgehead atoms. The van der Waals surface area contributed by atoms with Crippen LogP contribution >= 0.6 is 0 Å². The third-order valence-corrected chi connectivity index (χ3v) is 9.49. The quantitative estimate of drug-likeness (QED) is 0.174. The van der Waals surface area contributed by atoms with Gasteiger partial charge < -0.3 is 5.32 Å². The van der Waals surface area contributed by atoms with Crippen molar-refractivity contribution in [1.29, 1.82) is 0 Å². The van der Waals surface area contributed by atoms with E-state index in [0.717, 1.165) is 50.3 Å². The molecule has 0 aliphatic carbocycles. The third-order valence-electron chi connectivity index (χ3n) is 9.49. The molecule has 0 amide bonds. The Labute approximate surface area is 300 Å². The van der Waals surface area contributed by atoms with Crippen LogP contribution in [0.15, 0.2) is 192 Å². The van der Waals surface area contributed by atoms with Crippen LogP contribution in [0.5, 0.6) is 0 Å². The topological polar surface area (TPSA) is 36.8 Å². The molecule has 0 fully saturated rings. The fourth-order valence-electron chi connectivity index (χ4n) is 6.69. The summed E-state index contributed by atoms with van der Waals surface area (Å²) in [4.78, 5) is 10.1. The number of amidine groups is 2. The predicted octanol–water partition coefficient (Wildman–Crippen LogP) is 11.8. The molecule has 3 heteroatoms. The average Bonchev–Trinajstić information content (AvgIpc) is 3.22. The number of nitrogens with zero attached hydrogens (tertiary/aromatic N) is 2. The first-order chi connectivity index (χ1) is 25.1. The van der Waals surface area contributed by atoms with Gasteiger partial charge in [0.1, 0.15) is 12.0 Å². The van der Waals surface area contributed by atoms with Gasteiger partial charge >= 0.3 is 0 Å². The van der Waals surface area contributed by atoms with Gasteiger partial charge in [-0.2, -0.15) is 0 Å². The number of hydrogen-bond acceptors (Lipinski definition) is 3. The van der Waals surface area contributed by atoms with Crippen LogP contribution in [0.3, 0.4) is 0 Å². The molecule has 0 aromatic heterocycles. The van der Waals surface area contributed by atoms with Crippen LogP contribution in [-0.2, 0) is 0 Å². The minimum Gasteiger partial charge on any atom is -0.344 e. The van der Waals surface area contributed by atoms with Gasteiger partial charge in [-0.1, -0.05) is 170 Å². The standard InChI is InChI=1S/C48H37N3/c1-3-34-24-29-42(37-27-25-36(26-28-37)41-21-13-20-40(30-41)35-14-7-4-8-15-35)31-45(34)44-32-43(23-22-33(44)2)48-50-46(38-16-9-5-10-17-38)49-47(51-48)39-18-11-6-12-19-39/h3-32,46H,1H2,2H3,(H,49,50,51). The first-order valence-corrected chi connectivity index (χ1v) is 17.3. The maximum absolute atomic E-state index is 5.06. The molecule has 0 saturated carbocycles. The minimum absolute atomic E-state index is 0.255. The van der Waals surface area contributed by atoms with Crippen molar-refractivity contribution in [3.63, 3.8) is 0 Å². The van der Waals surface area contributed by atoms with Gasteiger partial charge in [-0.3, -0.25) is 0 Å². The Morgan fingerprint density at radius 1 is 0.490 bits per heavy atom. The van der Waals surface area contributed by atoms with Gasteiger partial charge in [0.05, 0.1) is 0 Å². The summed E-state index contributed by atoms with van der Waals surface area (Å²) in [6.07, 6.45) is 1.69. The van der Waals surface area contributed by atoms with Crippen LogP contribution in [0, 0.1) is 6.92 Å². The van der Waals surface area contributed by atoms with E-state index in [1.165, 1.54) is 27.8 Å². The molecule has 1 N–H and O–H groups in total. The molecule has 244 valence electrons. The van der Waals surface area contributed by atoms with Crippen molar-refractivity contribution in [1.82, 2.24) is 5.32 Å². The molecule has 7 aromatic rings. The predicted molar refractivity (Wildman–Crippen MR) is 215 cm³/mol. The SMILES string of the molecule is C=Cc1ccc(-c2ccc(-c3cccc(-c4ccccc4)c3)cc2)cc1-c1cc(C2=NC(c3ccccc3)=NC(c3ccccc3)N2)ccc1C. The Hall–Kier alpha value is -6.58. The number of benzene rings is 7. The summed E-state index contributed by atoms with van der Waals surface area (Å²) in [5, 5.41) is 3.62. The Balaban J connectivity index is 1.14. The lowest BCUT2D eigenvalue weighted by atomic mass is 9.90. The van der Waals surface area contributed by atoms with Gasteiger partial charge in [0.25, 0.3) is 0 Å². The zero-order valence-corrected chi connectivity index (χ0v) is 28.5. The van der Waals surface area contributed by atoms with E-state index < -0.39 is 0 Å². The Kier molecular flexibility index (Phi) is 8.76. The molecule has 51 heavy (non-hydrogen) atoms. The molecule has 1 heterocycles. The monoisotopic (exact) mass is 655 g/mol. The highest BCUT2D eigenvalue weighted by atomic mass is 15.2. The van der Waals surface area contributed by atoms with E-state index >= 15 is 0 Å². The zero-order valence-electron chi connectivity index (χ0n) is 28.5. The fraction of sp³-hybridized carbons (Fsp3) is 0.0417. The lowest BCUT2D eigenvalue weighted by Gasteiger charge is -2.24. The number of hydrogen-bond donors (Lipinski definition) is 1. The van der Waals surface area contributed by atoms with E-state index in [1.54, 1.807) is 0 Å². The molecule has 1 aliphatic rings. The Morgan fingerprint density at radius 3 is 1.65 bits per heavy atom. The first kappa shape index (κ1) is 31.7. The minimum atomic E-state index is -0.255. The van der Waals surface area contributed by atoms with Gasteiger partial charge in [0.2, 0.25) is 0 Å². The molecule has 0 saturated heterocycles. The Bertz CT molecular complexity index is 2390. The van der Waals surface area contributed by atoms with Crippen molar-refractivity contribution in [2.45, 2.75) is 13.1 Å². The Morgan fingerprint density at radius 2 is 1.00 bits per heavy atom. The van der Waals surface area contributed by atoms with Crippen molar-refractivity contribution in [2.75, 3.05) is 0 Å². The summed E-state index contributed by atoms with van der Waals surface area (Å²) >= 11 is 0. The third kappa shape index (κ3) is 6.70. The van der Waals surface area contributed by atoms with Crippen LogP contribution < -0.4 is 5.32 Å². The maximum atomic E-state index is 5.06. The largest absolute Gasteiger partial charge is 0.344 e. The van der Waals surface area contributed by atoms with Crippen molar-refractivity contribution < 1.29 is 0 Å². The second-order valence-electron chi connectivity index (χ2n) is 12.8. The lowest BCUT2D eigenvalue weighted by Crippen LogP contribution is -2.33. The number of rotatable bonds is 8. The van der Waals surface area contributed by atoms with Gasteiger partial charge in [-0.15, -0.1) is 0 Å². The van der Waals surface area contributed by atoms with Crippen LogP contribution in [-0.4, -0.2) is 11.7 Å². The van der Waals surface area contributed by atoms with E-state index in [2.05, 4.69) is 158 Å². The summed E-state index contributed by atoms with van der Waals surface area (Å²) in [5.74, 6) is 1.51. The summed E-state index contributed by atoms with van der Waals surface area (Å²) < 4.78 is 0. The summed E-state index contributed by atoms with van der Waals surface area (Å²) in [6, 6.07) is 61.8.